The number of carbonyl (C=O) groups is 2. The molecule has 0 aliphatic carbocycles. The molecular weight excluding hydrogens is 448 g/mol. The molecule has 0 saturated carbocycles. The van der Waals surface area contributed by atoms with Gasteiger partial charge in [-0.05, 0) is 51.1 Å². The van der Waals surface area contributed by atoms with Crippen LogP contribution in [0.25, 0.3) is 10.8 Å². The van der Waals surface area contributed by atoms with E-state index < -0.39 is 11.8 Å². The number of halogens is 1. The summed E-state index contributed by atoms with van der Waals surface area (Å²) in [7, 11) is 1.53. The van der Waals surface area contributed by atoms with Crippen molar-refractivity contribution >= 4 is 44.7 Å². The third-order valence-corrected chi connectivity index (χ3v) is 5.26. The Morgan fingerprint density at radius 3 is 2.37 bits per heavy atom. The lowest BCUT2D eigenvalue weighted by Gasteiger charge is -2.23. The second kappa shape index (κ2) is 8.12. The zero-order valence-electron chi connectivity index (χ0n) is 16.1. The van der Waals surface area contributed by atoms with E-state index in [9.17, 15) is 9.59 Å². The summed E-state index contributed by atoms with van der Waals surface area (Å²) in [5.74, 6) is 0.0920. The normalized spacial score (nSPS) is 13.2. The monoisotopic (exact) mass is 464 g/mol. The third-order valence-electron chi connectivity index (χ3n) is 4.67. The quantitative estimate of drug-likeness (QED) is 0.298. The lowest BCUT2D eigenvalue weighted by molar-refractivity contribution is 0.0616. The summed E-state index contributed by atoms with van der Waals surface area (Å²) in [6, 6.07) is 14.2. The number of imide groups is 1. The Morgan fingerprint density at radius 1 is 1.10 bits per heavy atom. The molecule has 0 radical (unpaired) electrons. The van der Waals surface area contributed by atoms with Gasteiger partial charge in [-0.1, -0.05) is 36.9 Å². The Hall–Kier alpha value is -3.45. The van der Waals surface area contributed by atoms with Crippen molar-refractivity contribution in [2.45, 2.75) is 0 Å². The molecule has 3 aromatic rings. The van der Waals surface area contributed by atoms with Crippen molar-refractivity contribution in [3.05, 3.63) is 82.3 Å². The van der Waals surface area contributed by atoms with Gasteiger partial charge >= 0.3 is 0 Å². The molecule has 6 nitrogen and oxygen atoms in total. The number of rotatable bonds is 6. The first-order chi connectivity index (χ1) is 14.5. The maximum atomic E-state index is 12.9. The molecule has 0 bridgehead atoms. The van der Waals surface area contributed by atoms with Crippen LogP contribution in [0.2, 0.25) is 0 Å². The largest absolute Gasteiger partial charge is 0.493 e. The molecule has 30 heavy (non-hydrogen) atoms. The van der Waals surface area contributed by atoms with Crippen molar-refractivity contribution in [3.8, 4) is 11.5 Å². The number of hydrogen-bond acceptors (Lipinski definition) is 5. The van der Waals surface area contributed by atoms with Crippen LogP contribution in [0.15, 0.2) is 70.8 Å². The summed E-state index contributed by atoms with van der Waals surface area (Å²) in [4.78, 5) is 25.9. The topological polar surface area (TPSA) is 68.2 Å². The summed E-state index contributed by atoms with van der Waals surface area (Å²) in [5.41, 5.74) is 1.53. The average Bonchev–Trinajstić information content (AvgIpc) is 2.76. The molecule has 1 aliphatic rings. The van der Waals surface area contributed by atoms with Gasteiger partial charge in [0.05, 0.1) is 28.9 Å². The zero-order valence-corrected chi connectivity index (χ0v) is 17.7. The molecule has 0 aromatic heterocycles. The molecule has 0 unspecified atom stereocenters. The summed E-state index contributed by atoms with van der Waals surface area (Å²) in [5, 5.41) is 6.58. The van der Waals surface area contributed by atoms with E-state index >= 15 is 0 Å². The molecule has 150 valence electrons. The van der Waals surface area contributed by atoms with Gasteiger partial charge in [-0.2, -0.15) is 10.1 Å². The van der Waals surface area contributed by atoms with Gasteiger partial charge < -0.3 is 9.47 Å². The van der Waals surface area contributed by atoms with Gasteiger partial charge in [0.25, 0.3) is 11.8 Å². The maximum Gasteiger partial charge on any atom is 0.282 e. The smallest absolute Gasteiger partial charge is 0.282 e. The molecule has 0 N–H and O–H groups in total. The molecule has 2 amide bonds. The third kappa shape index (κ3) is 3.37. The minimum absolute atomic E-state index is 0.324. The molecule has 0 spiro atoms. The van der Waals surface area contributed by atoms with Gasteiger partial charge in [0, 0.05) is 5.39 Å². The first-order valence-corrected chi connectivity index (χ1v) is 9.90. The van der Waals surface area contributed by atoms with E-state index in [4.69, 9.17) is 9.47 Å². The van der Waals surface area contributed by atoms with Crippen LogP contribution in [-0.2, 0) is 0 Å². The van der Waals surface area contributed by atoms with Gasteiger partial charge in [-0.25, -0.2) is 0 Å². The lowest BCUT2D eigenvalue weighted by Crippen LogP contribution is -2.36. The van der Waals surface area contributed by atoms with E-state index in [0.717, 1.165) is 10.4 Å². The van der Waals surface area contributed by atoms with Gasteiger partial charge in [0.15, 0.2) is 11.5 Å². The van der Waals surface area contributed by atoms with Gasteiger partial charge in [0.2, 0.25) is 0 Å². The Labute approximate surface area is 181 Å². The number of ether oxygens (including phenoxy) is 2. The Kier molecular flexibility index (Phi) is 5.37. The summed E-state index contributed by atoms with van der Waals surface area (Å²) in [6.07, 6.45) is 3.07. The minimum atomic E-state index is -0.461. The van der Waals surface area contributed by atoms with E-state index in [1.54, 1.807) is 42.5 Å². The molecule has 0 atom stereocenters. The molecule has 3 aromatic carbocycles. The first-order valence-electron chi connectivity index (χ1n) is 9.11. The molecule has 1 heterocycles. The van der Waals surface area contributed by atoms with Crippen molar-refractivity contribution in [2.24, 2.45) is 5.10 Å². The molecule has 7 heteroatoms. The number of amides is 2. The number of carbonyl (C=O) groups excluding carboxylic acids is 2. The highest BCUT2D eigenvalue weighted by atomic mass is 79.9. The van der Waals surface area contributed by atoms with Crippen molar-refractivity contribution < 1.29 is 19.1 Å². The fraction of sp³-hybridized carbons (Fsp3) is 0.0870. The number of hydrazone groups is 1. The van der Waals surface area contributed by atoms with E-state index in [-0.39, 0.29) is 0 Å². The van der Waals surface area contributed by atoms with Crippen LogP contribution in [0.5, 0.6) is 11.5 Å². The van der Waals surface area contributed by atoms with Crippen LogP contribution in [0.3, 0.4) is 0 Å². The van der Waals surface area contributed by atoms with E-state index in [1.165, 1.54) is 13.3 Å². The highest BCUT2D eigenvalue weighted by Gasteiger charge is 2.32. The summed E-state index contributed by atoms with van der Waals surface area (Å²) in [6.45, 7) is 3.96. The SMILES string of the molecule is C=CCOc1c(Br)cc(C=NN2C(=O)c3cccc4cccc(c34)C2=O)cc1OC. The van der Waals surface area contributed by atoms with Gasteiger partial charge in [-0.3, -0.25) is 9.59 Å². The van der Waals surface area contributed by atoms with Crippen LogP contribution in [0.4, 0.5) is 0 Å². The number of methoxy groups -OCH3 is 1. The van der Waals surface area contributed by atoms with Crippen molar-refractivity contribution in [2.75, 3.05) is 13.7 Å². The number of benzene rings is 3. The van der Waals surface area contributed by atoms with Crippen molar-refractivity contribution in [1.29, 1.82) is 0 Å². The Bertz CT molecular complexity index is 1170. The predicted molar refractivity (Wildman–Crippen MR) is 118 cm³/mol. The van der Waals surface area contributed by atoms with Crippen LogP contribution in [0, 0.1) is 0 Å². The highest BCUT2D eigenvalue weighted by Crippen LogP contribution is 2.36. The van der Waals surface area contributed by atoms with Crippen LogP contribution < -0.4 is 9.47 Å². The Morgan fingerprint density at radius 2 is 1.77 bits per heavy atom. The number of hydrogen-bond donors (Lipinski definition) is 0. The molecule has 4 rings (SSSR count). The fourth-order valence-corrected chi connectivity index (χ4v) is 3.92. The zero-order chi connectivity index (χ0) is 21.3. The van der Waals surface area contributed by atoms with E-state index in [0.29, 0.717) is 44.7 Å². The van der Waals surface area contributed by atoms with Crippen molar-refractivity contribution in [3.63, 3.8) is 0 Å². The second-order valence-electron chi connectivity index (χ2n) is 6.51. The van der Waals surface area contributed by atoms with Gasteiger partial charge in [-0.15, -0.1) is 0 Å². The molecule has 0 fully saturated rings. The molecule has 0 saturated heterocycles. The first kappa shape index (κ1) is 19.8. The molecular formula is C23H17BrN2O4. The molecule has 1 aliphatic heterocycles. The van der Waals surface area contributed by atoms with Crippen LogP contribution in [-0.4, -0.2) is 36.8 Å². The predicted octanol–water partition coefficient (Wildman–Crippen LogP) is 4.81. The summed E-state index contributed by atoms with van der Waals surface area (Å²) >= 11 is 3.45. The Balaban J connectivity index is 1.70. The average molecular weight is 465 g/mol. The standard InChI is InChI=1S/C23H17BrN2O4/c1-3-10-30-21-18(24)11-14(12-19(21)29-2)13-25-26-22(27)16-8-4-6-15-7-5-9-17(20(15)16)23(26)28/h3-9,11-13H,1,10H2,2H3. The van der Waals surface area contributed by atoms with E-state index in [2.05, 4.69) is 27.6 Å². The van der Waals surface area contributed by atoms with E-state index in [1.807, 2.05) is 12.1 Å². The minimum Gasteiger partial charge on any atom is -0.493 e. The maximum absolute atomic E-state index is 12.9. The van der Waals surface area contributed by atoms with Crippen LogP contribution >= 0.6 is 15.9 Å². The van der Waals surface area contributed by atoms with Gasteiger partial charge in [0.1, 0.15) is 6.61 Å². The fourth-order valence-electron chi connectivity index (χ4n) is 3.34. The highest BCUT2D eigenvalue weighted by molar-refractivity contribution is 9.10. The van der Waals surface area contributed by atoms with Crippen LogP contribution in [0.1, 0.15) is 26.3 Å². The summed E-state index contributed by atoms with van der Waals surface area (Å²) < 4.78 is 11.6. The lowest BCUT2D eigenvalue weighted by atomic mass is 9.95. The second-order valence-corrected chi connectivity index (χ2v) is 7.36. The number of nitrogens with zero attached hydrogens (tertiary/aromatic N) is 2. The van der Waals surface area contributed by atoms with Crippen molar-refractivity contribution in [1.82, 2.24) is 5.01 Å².